The third-order valence-electron chi connectivity index (χ3n) is 5.25. The molecular weight excluding hydrogens is 380 g/mol. The van der Waals surface area contributed by atoms with Gasteiger partial charge >= 0.3 is 8.32 Å². The number of hydrogen-bond acceptors (Lipinski definition) is 1. The van der Waals surface area contributed by atoms with Crippen molar-refractivity contribution in [1.29, 1.82) is 0 Å². The zero-order valence-electron chi connectivity index (χ0n) is 17.2. The maximum absolute atomic E-state index is 7.22. The highest BCUT2D eigenvalue weighted by Crippen LogP contribution is 2.22. The molecule has 0 aliphatic carbocycles. The van der Waals surface area contributed by atoms with Gasteiger partial charge in [-0.05, 0) is 28.1 Å². The fourth-order valence-electron chi connectivity index (χ4n) is 3.87. The molecule has 2 heteroatoms. The summed E-state index contributed by atoms with van der Waals surface area (Å²) in [6.45, 7) is 2.16. The second kappa shape index (κ2) is 9.42. The van der Waals surface area contributed by atoms with E-state index >= 15 is 0 Å². The van der Waals surface area contributed by atoms with E-state index in [-0.39, 0.29) is 0 Å². The van der Waals surface area contributed by atoms with Crippen molar-refractivity contribution < 1.29 is 4.43 Å². The Kier molecular flexibility index (Phi) is 6.26. The summed E-state index contributed by atoms with van der Waals surface area (Å²) in [5.41, 5.74) is 1.11. The van der Waals surface area contributed by atoms with Gasteiger partial charge in [0.2, 0.25) is 0 Å². The Hall–Kier alpha value is -3.36. The van der Waals surface area contributed by atoms with Gasteiger partial charge in [0, 0.05) is 5.56 Å². The highest BCUT2D eigenvalue weighted by atomic mass is 28.4. The lowest BCUT2D eigenvalue weighted by Crippen LogP contribution is -2.69. The molecule has 4 rings (SSSR count). The Morgan fingerprint density at radius 1 is 0.600 bits per heavy atom. The smallest absolute Gasteiger partial charge is 0.346 e. The molecule has 0 fully saturated rings. The normalized spacial score (nSPS) is 11.8. The molecule has 0 radical (unpaired) electrons. The van der Waals surface area contributed by atoms with Gasteiger partial charge in [0.25, 0.3) is 0 Å². The van der Waals surface area contributed by atoms with E-state index in [4.69, 9.17) is 4.43 Å². The third kappa shape index (κ3) is 4.00. The second-order valence-corrected chi connectivity index (χ2v) is 10.5. The predicted octanol–water partition coefficient (Wildman–Crippen LogP) is 5.12. The SMILES string of the molecule is CC/C=C(/O[Si](c1ccccc1)(c1ccccc1)c1ccccc1)c1ccccc1. The first-order chi connectivity index (χ1) is 14.8. The first-order valence-electron chi connectivity index (χ1n) is 10.5. The summed E-state index contributed by atoms with van der Waals surface area (Å²) in [6.07, 6.45) is 3.11. The van der Waals surface area contributed by atoms with Crippen LogP contribution in [0.2, 0.25) is 0 Å². The Bertz CT molecular complexity index is 978. The fourth-order valence-corrected chi connectivity index (χ4v) is 7.74. The van der Waals surface area contributed by atoms with Crippen LogP contribution < -0.4 is 15.6 Å². The number of allylic oxidation sites excluding steroid dienone is 1. The molecule has 0 aliphatic heterocycles. The van der Waals surface area contributed by atoms with Gasteiger partial charge in [0.15, 0.2) is 0 Å². The predicted molar refractivity (Wildman–Crippen MR) is 130 cm³/mol. The minimum Gasteiger partial charge on any atom is -0.530 e. The van der Waals surface area contributed by atoms with Crippen LogP contribution in [0.4, 0.5) is 0 Å². The van der Waals surface area contributed by atoms with Crippen LogP contribution in [-0.2, 0) is 4.43 Å². The first kappa shape index (κ1) is 19.9. The summed E-state index contributed by atoms with van der Waals surface area (Å²) < 4.78 is 7.22. The summed E-state index contributed by atoms with van der Waals surface area (Å²) in [6, 6.07) is 42.5. The van der Waals surface area contributed by atoms with E-state index in [2.05, 4.69) is 128 Å². The molecule has 148 valence electrons. The lowest BCUT2D eigenvalue weighted by atomic mass is 10.2. The van der Waals surface area contributed by atoms with Crippen LogP contribution in [-0.4, -0.2) is 8.32 Å². The molecule has 0 spiro atoms. The summed E-state index contributed by atoms with van der Waals surface area (Å²) in [5, 5.41) is 3.71. The van der Waals surface area contributed by atoms with Crippen LogP contribution in [0.5, 0.6) is 0 Å². The monoisotopic (exact) mass is 406 g/mol. The minimum absolute atomic E-state index is 0.910. The molecular formula is C28H26OSi. The molecule has 0 saturated heterocycles. The average molecular weight is 407 g/mol. The summed E-state index contributed by atoms with van der Waals surface area (Å²) >= 11 is 0. The van der Waals surface area contributed by atoms with Gasteiger partial charge < -0.3 is 4.43 Å². The van der Waals surface area contributed by atoms with Crippen molar-refractivity contribution in [3.05, 3.63) is 133 Å². The minimum atomic E-state index is -2.78. The Balaban J connectivity index is 1.98. The lowest BCUT2D eigenvalue weighted by molar-refractivity contribution is 0.531. The zero-order valence-corrected chi connectivity index (χ0v) is 18.2. The lowest BCUT2D eigenvalue weighted by Gasteiger charge is -2.34. The van der Waals surface area contributed by atoms with E-state index in [0.717, 1.165) is 17.7 Å². The molecule has 0 bridgehead atoms. The van der Waals surface area contributed by atoms with Crippen molar-refractivity contribution in [3.63, 3.8) is 0 Å². The highest BCUT2D eigenvalue weighted by molar-refractivity contribution is 7.07. The molecule has 1 nitrogen and oxygen atoms in total. The van der Waals surface area contributed by atoms with Crippen LogP contribution in [0.25, 0.3) is 5.76 Å². The van der Waals surface area contributed by atoms with Gasteiger partial charge in [-0.25, -0.2) is 0 Å². The fraction of sp³-hybridized carbons (Fsp3) is 0.0714. The van der Waals surface area contributed by atoms with Crippen molar-refractivity contribution in [2.45, 2.75) is 13.3 Å². The Morgan fingerprint density at radius 2 is 0.967 bits per heavy atom. The maximum atomic E-state index is 7.22. The van der Waals surface area contributed by atoms with Crippen LogP contribution in [0.15, 0.2) is 127 Å². The standard InChI is InChI=1S/C28H26OSi/c1-2-15-28(24-16-7-3-8-17-24)29-30(25-18-9-4-10-19-25,26-20-11-5-12-21-26)27-22-13-6-14-23-27/h3-23H,2H2,1H3/b28-15+. The van der Waals surface area contributed by atoms with Crippen LogP contribution in [0.3, 0.4) is 0 Å². The molecule has 0 atom stereocenters. The summed E-state index contributed by atoms with van der Waals surface area (Å²) in [5.74, 6) is 0.946. The van der Waals surface area contributed by atoms with E-state index in [1.165, 1.54) is 15.6 Å². The number of benzene rings is 4. The highest BCUT2D eigenvalue weighted by Gasteiger charge is 2.44. The van der Waals surface area contributed by atoms with Gasteiger partial charge in [-0.1, -0.05) is 128 Å². The van der Waals surface area contributed by atoms with Gasteiger partial charge in [-0.3, -0.25) is 0 Å². The molecule has 0 heterocycles. The molecule has 30 heavy (non-hydrogen) atoms. The molecule has 4 aromatic carbocycles. The van der Waals surface area contributed by atoms with E-state index in [0.29, 0.717) is 0 Å². The molecule has 0 saturated carbocycles. The summed E-state index contributed by atoms with van der Waals surface area (Å²) in [7, 11) is -2.78. The van der Waals surface area contributed by atoms with E-state index in [9.17, 15) is 0 Å². The van der Waals surface area contributed by atoms with Crippen LogP contribution >= 0.6 is 0 Å². The quantitative estimate of drug-likeness (QED) is 0.235. The van der Waals surface area contributed by atoms with E-state index in [1.54, 1.807) is 0 Å². The maximum Gasteiger partial charge on any atom is 0.346 e. The molecule has 0 aromatic heterocycles. The van der Waals surface area contributed by atoms with E-state index < -0.39 is 8.32 Å². The Morgan fingerprint density at radius 3 is 1.33 bits per heavy atom. The Labute approximate surface area is 180 Å². The van der Waals surface area contributed by atoms with Crippen molar-refractivity contribution in [2.24, 2.45) is 0 Å². The third-order valence-corrected chi connectivity index (χ3v) is 9.22. The number of rotatable bonds is 7. The largest absolute Gasteiger partial charge is 0.530 e. The van der Waals surface area contributed by atoms with Gasteiger partial charge in [0.05, 0.1) is 0 Å². The molecule has 0 amide bonds. The van der Waals surface area contributed by atoms with Crippen molar-refractivity contribution in [1.82, 2.24) is 0 Å². The molecule has 4 aromatic rings. The van der Waals surface area contributed by atoms with Gasteiger partial charge in [-0.15, -0.1) is 0 Å². The van der Waals surface area contributed by atoms with E-state index in [1.807, 2.05) is 6.07 Å². The average Bonchev–Trinajstić information content (AvgIpc) is 2.84. The van der Waals surface area contributed by atoms with Crippen LogP contribution in [0.1, 0.15) is 18.9 Å². The van der Waals surface area contributed by atoms with Gasteiger partial charge in [-0.2, -0.15) is 0 Å². The zero-order chi connectivity index (χ0) is 20.7. The molecule has 0 unspecified atom stereocenters. The van der Waals surface area contributed by atoms with Crippen LogP contribution in [0, 0.1) is 0 Å². The molecule has 0 N–H and O–H groups in total. The van der Waals surface area contributed by atoms with Crippen molar-refractivity contribution >= 4 is 29.6 Å². The van der Waals surface area contributed by atoms with Crippen molar-refractivity contribution in [3.8, 4) is 0 Å². The second-order valence-electron chi connectivity index (χ2n) is 7.22. The van der Waals surface area contributed by atoms with Crippen molar-refractivity contribution in [2.75, 3.05) is 0 Å². The first-order valence-corrected chi connectivity index (χ1v) is 12.4. The van der Waals surface area contributed by atoms with Gasteiger partial charge in [0.1, 0.15) is 5.76 Å². The molecule has 0 aliphatic rings. The number of hydrogen-bond donors (Lipinski definition) is 0. The summed E-state index contributed by atoms with van der Waals surface area (Å²) in [4.78, 5) is 0. The topological polar surface area (TPSA) is 9.23 Å².